The largest absolute Gasteiger partial charge is 0.384 e. The van der Waals surface area contributed by atoms with E-state index in [4.69, 9.17) is 10.5 Å². The number of benzene rings is 3. The fourth-order valence-corrected chi connectivity index (χ4v) is 5.31. The summed E-state index contributed by atoms with van der Waals surface area (Å²) in [7, 11) is 0. The van der Waals surface area contributed by atoms with E-state index in [2.05, 4.69) is 10.3 Å². The van der Waals surface area contributed by atoms with Gasteiger partial charge in [-0.2, -0.15) is 0 Å². The van der Waals surface area contributed by atoms with Gasteiger partial charge in [0.15, 0.2) is 11.6 Å². The Labute approximate surface area is 206 Å². The lowest BCUT2D eigenvalue weighted by Crippen LogP contribution is -2.24. The standard InChI is InChI=1S/C29H23F2N3O2/c1-14-10-25(32)34-15(2)23(14)13-33-29(35)17-7-9-20-22(12-17)28-21-11-16(6-8-19(21)27(20)36-28)18-4-3-5-24(30)26(18)31/h3-12,27-28H,13H2,1-2H3,(H2,32,34)(H,33,35). The molecule has 2 bridgehead atoms. The maximum absolute atomic E-state index is 14.4. The average molecular weight is 484 g/mol. The quantitative estimate of drug-likeness (QED) is 0.392. The first kappa shape index (κ1) is 22.4. The van der Waals surface area contributed by atoms with E-state index in [-0.39, 0.29) is 23.7 Å². The number of carbonyl (C=O) groups excluding carboxylic acids is 1. The summed E-state index contributed by atoms with van der Waals surface area (Å²) in [6.45, 7) is 4.15. The van der Waals surface area contributed by atoms with E-state index in [1.807, 2.05) is 38.1 Å². The number of nitrogens with two attached hydrogens (primary N) is 1. The van der Waals surface area contributed by atoms with Gasteiger partial charge in [-0.3, -0.25) is 4.79 Å². The van der Waals surface area contributed by atoms with Crippen LogP contribution in [0.15, 0.2) is 60.7 Å². The lowest BCUT2D eigenvalue weighted by Gasteiger charge is -2.18. The third-order valence-corrected chi connectivity index (χ3v) is 7.10. The van der Waals surface area contributed by atoms with Crippen molar-refractivity contribution in [2.45, 2.75) is 32.6 Å². The van der Waals surface area contributed by atoms with Crippen molar-refractivity contribution in [1.82, 2.24) is 10.3 Å². The molecule has 2 aliphatic rings. The fourth-order valence-electron chi connectivity index (χ4n) is 5.31. The monoisotopic (exact) mass is 483 g/mol. The molecule has 3 heterocycles. The van der Waals surface area contributed by atoms with Crippen molar-refractivity contribution >= 4 is 11.7 Å². The van der Waals surface area contributed by atoms with Crippen LogP contribution in [0.4, 0.5) is 14.6 Å². The molecule has 0 aliphatic carbocycles. The fraction of sp³-hybridized carbons (Fsp3) is 0.172. The van der Waals surface area contributed by atoms with Crippen LogP contribution in [0.3, 0.4) is 0 Å². The molecule has 6 rings (SSSR count). The van der Waals surface area contributed by atoms with Crippen LogP contribution < -0.4 is 11.1 Å². The summed E-state index contributed by atoms with van der Waals surface area (Å²) in [6.07, 6.45) is -0.607. The molecule has 2 aliphatic heterocycles. The molecule has 3 aromatic carbocycles. The van der Waals surface area contributed by atoms with Crippen molar-refractivity contribution in [3.8, 4) is 11.1 Å². The Kier molecular flexibility index (Phi) is 5.12. The molecule has 36 heavy (non-hydrogen) atoms. The number of aromatic nitrogens is 1. The Hall–Kier alpha value is -4.10. The minimum absolute atomic E-state index is 0.202. The van der Waals surface area contributed by atoms with Crippen LogP contribution in [-0.2, 0) is 11.3 Å². The maximum atomic E-state index is 14.4. The number of ether oxygens (including phenoxy) is 1. The molecule has 0 radical (unpaired) electrons. The molecule has 0 saturated heterocycles. The first-order chi connectivity index (χ1) is 17.3. The molecule has 7 heteroatoms. The minimum Gasteiger partial charge on any atom is -0.384 e. The molecule has 2 atom stereocenters. The van der Waals surface area contributed by atoms with E-state index in [1.54, 1.807) is 24.3 Å². The SMILES string of the molecule is Cc1cc(N)nc(C)c1CNC(=O)c1ccc2c(c1)C1OC2c2ccc(-c3cccc(F)c3F)cc21. The second kappa shape index (κ2) is 8.24. The zero-order valence-corrected chi connectivity index (χ0v) is 19.7. The van der Waals surface area contributed by atoms with Crippen molar-refractivity contribution < 1.29 is 18.3 Å². The normalized spacial score (nSPS) is 17.1. The number of fused-ring (bicyclic) bond motifs is 8. The number of hydrogen-bond acceptors (Lipinski definition) is 4. The lowest BCUT2D eigenvalue weighted by atomic mass is 9.83. The van der Waals surface area contributed by atoms with Crippen LogP contribution in [0.2, 0.25) is 0 Å². The van der Waals surface area contributed by atoms with Crippen LogP contribution in [0.5, 0.6) is 0 Å². The highest BCUT2D eigenvalue weighted by atomic mass is 19.2. The Morgan fingerprint density at radius 1 is 0.972 bits per heavy atom. The van der Waals surface area contributed by atoms with E-state index in [0.717, 1.165) is 45.1 Å². The molecule has 0 spiro atoms. The predicted octanol–water partition coefficient (Wildman–Crippen LogP) is 5.68. The summed E-state index contributed by atoms with van der Waals surface area (Å²) in [4.78, 5) is 17.3. The summed E-state index contributed by atoms with van der Waals surface area (Å²) in [5, 5.41) is 2.98. The van der Waals surface area contributed by atoms with Gasteiger partial charge in [-0.05, 0) is 83.1 Å². The minimum atomic E-state index is -0.882. The summed E-state index contributed by atoms with van der Waals surface area (Å²) in [6, 6.07) is 17.1. The van der Waals surface area contributed by atoms with Crippen LogP contribution in [0.25, 0.3) is 11.1 Å². The van der Waals surface area contributed by atoms with Crippen molar-refractivity contribution in [3.05, 3.63) is 117 Å². The molecule has 180 valence electrons. The second-order valence-electron chi connectivity index (χ2n) is 9.30. The molecular formula is C29H23F2N3O2. The Morgan fingerprint density at radius 2 is 1.69 bits per heavy atom. The first-order valence-corrected chi connectivity index (χ1v) is 11.7. The maximum Gasteiger partial charge on any atom is 0.251 e. The van der Waals surface area contributed by atoms with Gasteiger partial charge in [-0.1, -0.05) is 30.3 Å². The molecule has 5 nitrogen and oxygen atoms in total. The van der Waals surface area contributed by atoms with E-state index >= 15 is 0 Å². The first-order valence-electron chi connectivity index (χ1n) is 11.7. The summed E-state index contributed by atoms with van der Waals surface area (Å²) >= 11 is 0. The van der Waals surface area contributed by atoms with E-state index in [9.17, 15) is 13.6 Å². The molecule has 1 aromatic heterocycles. The highest BCUT2D eigenvalue weighted by molar-refractivity contribution is 5.94. The molecule has 0 saturated carbocycles. The van der Waals surface area contributed by atoms with Gasteiger partial charge in [0.25, 0.3) is 5.91 Å². The molecule has 1 amide bonds. The van der Waals surface area contributed by atoms with Gasteiger partial charge < -0.3 is 15.8 Å². The third-order valence-electron chi connectivity index (χ3n) is 7.10. The number of rotatable bonds is 4. The lowest BCUT2D eigenvalue weighted by molar-refractivity contribution is 0.0857. The van der Waals surface area contributed by atoms with E-state index in [1.165, 1.54) is 6.07 Å². The van der Waals surface area contributed by atoms with Gasteiger partial charge in [0.1, 0.15) is 18.0 Å². The summed E-state index contributed by atoms with van der Waals surface area (Å²) < 4.78 is 34.4. The Bertz CT molecular complexity index is 1540. The van der Waals surface area contributed by atoms with E-state index in [0.29, 0.717) is 23.5 Å². The summed E-state index contributed by atoms with van der Waals surface area (Å²) in [5.41, 5.74) is 13.7. The van der Waals surface area contributed by atoms with Crippen molar-refractivity contribution in [1.29, 1.82) is 0 Å². The van der Waals surface area contributed by atoms with Gasteiger partial charge in [0, 0.05) is 23.4 Å². The van der Waals surface area contributed by atoms with Crippen molar-refractivity contribution in [2.24, 2.45) is 0 Å². The molecule has 2 unspecified atom stereocenters. The van der Waals surface area contributed by atoms with E-state index < -0.39 is 11.6 Å². The van der Waals surface area contributed by atoms with Crippen molar-refractivity contribution in [2.75, 3.05) is 5.73 Å². The van der Waals surface area contributed by atoms with Crippen LogP contribution in [0, 0.1) is 25.5 Å². The van der Waals surface area contributed by atoms with Gasteiger partial charge in [0.2, 0.25) is 0 Å². The molecule has 3 N–H and O–H groups in total. The summed E-state index contributed by atoms with van der Waals surface area (Å²) in [5.74, 6) is -1.50. The van der Waals surface area contributed by atoms with Gasteiger partial charge in [-0.25, -0.2) is 13.8 Å². The predicted molar refractivity (Wildman–Crippen MR) is 132 cm³/mol. The highest BCUT2D eigenvalue weighted by Crippen LogP contribution is 2.54. The number of halogens is 2. The topological polar surface area (TPSA) is 77.2 Å². The molecular weight excluding hydrogens is 460 g/mol. The van der Waals surface area contributed by atoms with Crippen LogP contribution in [0.1, 0.15) is 61.6 Å². The number of amides is 1. The second-order valence-corrected chi connectivity index (χ2v) is 9.30. The van der Waals surface area contributed by atoms with Gasteiger partial charge in [0.05, 0.1) is 0 Å². The number of carbonyl (C=O) groups is 1. The van der Waals surface area contributed by atoms with Crippen molar-refractivity contribution in [3.63, 3.8) is 0 Å². The Morgan fingerprint density at radius 3 is 2.47 bits per heavy atom. The number of aryl methyl sites for hydroxylation is 2. The third kappa shape index (κ3) is 3.46. The number of anilines is 1. The molecule has 4 aromatic rings. The van der Waals surface area contributed by atoms with Gasteiger partial charge in [-0.15, -0.1) is 0 Å². The number of hydrogen-bond donors (Lipinski definition) is 2. The molecule has 0 fully saturated rings. The zero-order valence-electron chi connectivity index (χ0n) is 19.7. The smallest absolute Gasteiger partial charge is 0.251 e. The van der Waals surface area contributed by atoms with Gasteiger partial charge >= 0.3 is 0 Å². The highest BCUT2D eigenvalue weighted by Gasteiger charge is 2.43. The van der Waals surface area contributed by atoms with Crippen LogP contribution >= 0.6 is 0 Å². The number of nitrogens with zero attached hydrogens (tertiary/aromatic N) is 1. The Balaban J connectivity index is 1.27. The average Bonchev–Trinajstić information content (AvgIpc) is 3.41. The number of pyridine rings is 1. The number of nitrogens with one attached hydrogen (secondary N) is 1. The van der Waals surface area contributed by atoms with Crippen LogP contribution in [-0.4, -0.2) is 10.9 Å². The zero-order chi connectivity index (χ0) is 25.1. The number of nitrogen functional groups attached to an aromatic ring is 1.